The molecule has 0 radical (unpaired) electrons. The van der Waals surface area contributed by atoms with E-state index in [1.165, 1.54) is 24.3 Å². The summed E-state index contributed by atoms with van der Waals surface area (Å²) in [4.78, 5) is 10.5. The summed E-state index contributed by atoms with van der Waals surface area (Å²) in [5, 5.41) is 8.56. The van der Waals surface area contributed by atoms with Gasteiger partial charge in [0.2, 0.25) is 6.01 Å². The summed E-state index contributed by atoms with van der Waals surface area (Å²) in [5.41, 5.74) is 0.149. The Bertz CT molecular complexity index is 454. The van der Waals surface area contributed by atoms with Crippen molar-refractivity contribution < 1.29 is 22.7 Å². The van der Waals surface area contributed by atoms with Crippen molar-refractivity contribution in [2.45, 2.75) is 0 Å². The minimum absolute atomic E-state index is 0.0261. The lowest BCUT2D eigenvalue weighted by Gasteiger charge is -2.04. The fourth-order valence-corrected chi connectivity index (χ4v) is 1.44. The highest BCUT2D eigenvalue weighted by Gasteiger charge is 2.09. The zero-order valence-corrected chi connectivity index (χ0v) is 8.29. The van der Waals surface area contributed by atoms with E-state index in [1.807, 2.05) is 4.72 Å². The molecule has 0 amide bonds. The van der Waals surface area contributed by atoms with Crippen LogP contribution in [-0.2, 0) is 10.0 Å². The van der Waals surface area contributed by atoms with E-state index in [0.29, 0.717) is 0 Å². The number of carbonyl (C=O) groups is 1. The third-order valence-electron chi connectivity index (χ3n) is 1.55. The molecule has 0 bridgehead atoms. The number of benzene rings is 1. The van der Waals surface area contributed by atoms with Gasteiger partial charge in [-0.2, -0.15) is 0 Å². The molecule has 5 nitrogen and oxygen atoms in total. The van der Waals surface area contributed by atoms with E-state index in [-0.39, 0.29) is 11.3 Å². The lowest BCUT2D eigenvalue weighted by Crippen LogP contribution is -2.13. The van der Waals surface area contributed by atoms with Gasteiger partial charge in [-0.1, -0.05) is 0 Å². The standard InChI is InChI=1S/C8H8FNO4S/c9-5-15(13,14)10-7-3-1-6(2-4-7)8(11)12/h1-4,10H,5H2,(H,11,12). The summed E-state index contributed by atoms with van der Waals surface area (Å²) in [6.07, 6.45) is 0. The van der Waals surface area contributed by atoms with Crippen LogP contribution in [-0.4, -0.2) is 25.5 Å². The third-order valence-corrected chi connectivity index (χ3v) is 2.38. The first kappa shape index (κ1) is 11.4. The van der Waals surface area contributed by atoms with Crippen LogP contribution in [0.4, 0.5) is 10.1 Å². The highest BCUT2D eigenvalue weighted by atomic mass is 32.2. The van der Waals surface area contributed by atoms with Crippen LogP contribution in [0.15, 0.2) is 24.3 Å². The predicted octanol–water partition coefficient (Wildman–Crippen LogP) is 1.05. The van der Waals surface area contributed by atoms with Crippen molar-refractivity contribution in [2.75, 3.05) is 10.7 Å². The Morgan fingerprint density at radius 3 is 2.27 bits per heavy atom. The number of carboxylic acids is 1. The number of sulfonamides is 1. The molecular formula is C8H8FNO4S. The molecule has 15 heavy (non-hydrogen) atoms. The second-order valence-corrected chi connectivity index (χ2v) is 4.36. The van der Waals surface area contributed by atoms with E-state index in [1.54, 1.807) is 0 Å². The topological polar surface area (TPSA) is 83.5 Å². The molecule has 0 unspecified atom stereocenters. The maximum Gasteiger partial charge on any atom is 0.335 e. The van der Waals surface area contributed by atoms with Gasteiger partial charge in [-0.15, -0.1) is 0 Å². The fourth-order valence-electron chi connectivity index (χ4n) is 0.888. The molecular weight excluding hydrogens is 225 g/mol. The van der Waals surface area contributed by atoms with Gasteiger partial charge < -0.3 is 5.11 Å². The fraction of sp³-hybridized carbons (Fsp3) is 0.125. The molecule has 0 fully saturated rings. The molecule has 0 saturated carbocycles. The molecule has 0 aliphatic rings. The van der Waals surface area contributed by atoms with Crippen LogP contribution in [0.2, 0.25) is 0 Å². The number of halogens is 1. The monoisotopic (exact) mass is 233 g/mol. The smallest absolute Gasteiger partial charge is 0.335 e. The molecule has 0 aliphatic heterocycles. The predicted molar refractivity (Wildman–Crippen MR) is 51.9 cm³/mol. The van der Waals surface area contributed by atoms with Gasteiger partial charge in [-0.25, -0.2) is 17.6 Å². The van der Waals surface area contributed by atoms with Gasteiger partial charge in [0.25, 0.3) is 10.0 Å². The minimum Gasteiger partial charge on any atom is -0.478 e. The first-order valence-electron chi connectivity index (χ1n) is 3.84. The van der Waals surface area contributed by atoms with Gasteiger partial charge in [-0.3, -0.25) is 4.72 Å². The Labute approximate surface area is 85.6 Å². The Kier molecular flexibility index (Phi) is 3.25. The number of anilines is 1. The lowest BCUT2D eigenvalue weighted by molar-refractivity contribution is 0.0697. The van der Waals surface area contributed by atoms with E-state index >= 15 is 0 Å². The number of nitrogens with one attached hydrogen (secondary N) is 1. The van der Waals surface area contributed by atoms with Crippen LogP contribution in [0.5, 0.6) is 0 Å². The van der Waals surface area contributed by atoms with Crippen molar-refractivity contribution in [3.05, 3.63) is 29.8 Å². The van der Waals surface area contributed by atoms with Gasteiger partial charge in [0, 0.05) is 5.69 Å². The van der Waals surface area contributed by atoms with Crippen LogP contribution >= 0.6 is 0 Å². The molecule has 0 aliphatic carbocycles. The third kappa shape index (κ3) is 3.21. The molecule has 2 N–H and O–H groups in total. The summed E-state index contributed by atoms with van der Waals surface area (Å²) in [7, 11) is -3.97. The molecule has 82 valence electrons. The molecule has 1 rings (SSSR count). The van der Waals surface area contributed by atoms with E-state index in [2.05, 4.69) is 0 Å². The Morgan fingerprint density at radius 1 is 1.33 bits per heavy atom. The van der Waals surface area contributed by atoms with E-state index in [9.17, 15) is 17.6 Å². The first-order chi connectivity index (χ1) is 6.94. The lowest BCUT2D eigenvalue weighted by atomic mass is 10.2. The zero-order chi connectivity index (χ0) is 11.5. The maximum absolute atomic E-state index is 11.9. The van der Waals surface area contributed by atoms with Crippen LogP contribution < -0.4 is 4.72 Å². The summed E-state index contributed by atoms with van der Waals surface area (Å²) < 4.78 is 35.4. The summed E-state index contributed by atoms with van der Waals surface area (Å²) in [5.74, 6) is -1.12. The molecule has 1 aromatic rings. The molecule has 0 spiro atoms. The van der Waals surface area contributed by atoms with Crippen molar-refractivity contribution in [3.8, 4) is 0 Å². The minimum atomic E-state index is -3.97. The number of hydrogen-bond acceptors (Lipinski definition) is 3. The van der Waals surface area contributed by atoms with Gasteiger partial charge in [0.1, 0.15) is 0 Å². The zero-order valence-electron chi connectivity index (χ0n) is 7.47. The van der Waals surface area contributed by atoms with Crippen molar-refractivity contribution in [3.63, 3.8) is 0 Å². The maximum atomic E-state index is 11.9. The molecule has 0 atom stereocenters. The molecule has 0 heterocycles. The quantitative estimate of drug-likeness (QED) is 0.814. The average molecular weight is 233 g/mol. The summed E-state index contributed by atoms with van der Waals surface area (Å²) >= 11 is 0. The Balaban J connectivity index is 2.86. The van der Waals surface area contributed by atoms with Crippen molar-refractivity contribution in [1.29, 1.82) is 0 Å². The van der Waals surface area contributed by atoms with Crippen molar-refractivity contribution in [1.82, 2.24) is 0 Å². The average Bonchev–Trinajstić information content (AvgIpc) is 2.18. The van der Waals surface area contributed by atoms with E-state index in [0.717, 1.165) is 0 Å². The molecule has 1 aromatic carbocycles. The van der Waals surface area contributed by atoms with Crippen LogP contribution in [0.25, 0.3) is 0 Å². The molecule has 7 heteroatoms. The Hall–Kier alpha value is -1.63. The molecule has 0 saturated heterocycles. The number of aromatic carboxylic acids is 1. The van der Waals surface area contributed by atoms with Gasteiger partial charge in [0.15, 0.2) is 0 Å². The van der Waals surface area contributed by atoms with Crippen LogP contribution in [0.1, 0.15) is 10.4 Å². The number of carboxylic acid groups (broad SMARTS) is 1. The van der Waals surface area contributed by atoms with E-state index < -0.39 is 22.0 Å². The summed E-state index contributed by atoms with van der Waals surface area (Å²) in [6.45, 7) is 0. The van der Waals surface area contributed by atoms with Crippen LogP contribution in [0, 0.1) is 0 Å². The molecule has 0 aromatic heterocycles. The second-order valence-electron chi connectivity index (χ2n) is 2.71. The number of rotatable bonds is 4. The SMILES string of the molecule is O=C(O)c1ccc(NS(=O)(=O)CF)cc1. The Morgan fingerprint density at radius 2 is 1.87 bits per heavy atom. The normalized spacial score (nSPS) is 11.0. The van der Waals surface area contributed by atoms with E-state index in [4.69, 9.17) is 5.11 Å². The second kappa shape index (κ2) is 4.26. The largest absolute Gasteiger partial charge is 0.478 e. The van der Waals surface area contributed by atoms with Gasteiger partial charge in [0.05, 0.1) is 5.56 Å². The highest BCUT2D eigenvalue weighted by molar-refractivity contribution is 7.92. The van der Waals surface area contributed by atoms with Crippen molar-refractivity contribution in [2.24, 2.45) is 0 Å². The van der Waals surface area contributed by atoms with Crippen LogP contribution in [0.3, 0.4) is 0 Å². The van der Waals surface area contributed by atoms with Gasteiger partial charge >= 0.3 is 5.97 Å². The highest BCUT2D eigenvalue weighted by Crippen LogP contribution is 2.11. The number of hydrogen-bond donors (Lipinski definition) is 2. The van der Waals surface area contributed by atoms with Gasteiger partial charge in [-0.05, 0) is 24.3 Å². The first-order valence-corrected chi connectivity index (χ1v) is 5.49. The number of alkyl halides is 1. The summed E-state index contributed by atoms with van der Waals surface area (Å²) in [6, 6.07) is 3.41. The van der Waals surface area contributed by atoms with Crippen molar-refractivity contribution >= 4 is 21.7 Å².